The summed E-state index contributed by atoms with van der Waals surface area (Å²) in [7, 11) is 0. The van der Waals surface area contributed by atoms with E-state index in [1.807, 2.05) is 6.08 Å². The topological polar surface area (TPSA) is 74.6 Å². The number of rotatable bonds is 2. The minimum absolute atomic E-state index is 0.0594. The van der Waals surface area contributed by atoms with E-state index in [9.17, 15) is 19.8 Å². The molecule has 4 heteroatoms. The lowest BCUT2D eigenvalue weighted by atomic mass is 9.46. The molecule has 4 aliphatic rings. The van der Waals surface area contributed by atoms with Crippen LogP contribution in [-0.2, 0) is 9.59 Å². The number of hydrogen-bond acceptors (Lipinski definition) is 4. The van der Waals surface area contributed by atoms with E-state index in [0.29, 0.717) is 23.7 Å². The van der Waals surface area contributed by atoms with Crippen LogP contribution in [0.3, 0.4) is 0 Å². The zero-order valence-electron chi connectivity index (χ0n) is 15.9. The van der Waals surface area contributed by atoms with E-state index in [2.05, 4.69) is 26.8 Å². The fourth-order valence-electron chi connectivity index (χ4n) is 7.26. The second kappa shape index (κ2) is 5.87. The number of hydrogen-bond donors (Lipinski definition) is 2. The monoisotopic (exact) mass is 358 g/mol. The summed E-state index contributed by atoms with van der Waals surface area (Å²) in [6.07, 6.45) is 8.68. The van der Waals surface area contributed by atoms with Gasteiger partial charge in [0, 0.05) is 11.3 Å². The van der Waals surface area contributed by atoms with Crippen LogP contribution in [0.25, 0.3) is 0 Å². The van der Waals surface area contributed by atoms with Crippen LogP contribution in [0.15, 0.2) is 23.8 Å². The molecule has 3 saturated carbocycles. The Bertz CT molecular complexity index is 705. The number of carbonyl (C=O) groups is 2. The quantitative estimate of drug-likeness (QED) is 0.744. The lowest BCUT2D eigenvalue weighted by molar-refractivity contribution is -0.155. The summed E-state index contributed by atoms with van der Waals surface area (Å²) in [4.78, 5) is 24.3. The van der Waals surface area contributed by atoms with Gasteiger partial charge in [0.15, 0.2) is 11.6 Å². The van der Waals surface area contributed by atoms with Gasteiger partial charge in [0.05, 0.1) is 0 Å². The third kappa shape index (κ3) is 2.34. The normalized spacial score (nSPS) is 47.2. The van der Waals surface area contributed by atoms with Gasteiger partial charge in [-0.1, -0.05) is 32.4 Å². The van der Waals surface area contributed by atoms with E-state index in [1.165, 1.54) is 5.57 Å². The molecular weight excluding hydrogens is 328 g/mol. The molecule has 3 fully saturated rings. The number of ketones is 2. The highest BCUT2D eigenvalue weighted by atomic mass is 16.5. The van der Waals surface area contributed by atoms with Crippen molar-refractivity contribution in [3.63, 3.8) is 0 Å². The van der Waals surface area contributed by atoms with Crippen LogP contribution in [0.4, 0.5) is 0 Å². The molecule has 0 radical (unpaired) electrons. The number of carbonyl (C=O) groups excluding carboxylic acids is 2. The molecule has 0 aliphatic heterocycles. The molecule has 7 atom stereocenters. The molecule has 0 aromatic carbocycles. The van der Waals surface area contributed by atoms with Crippen LogP contribution in [0, 0.1) is 40.4 Å². The molecule has 0 amide bonds. The Morgan fingerprint density at radius 3 is 2.62 bits per heavy atom. The van der Waals surface area contributed by atoms with Crippen LogP contribution in [0.2, 0.25) is 0 Å². The smallest absolute Gasteiger partial charge is 0.213 e. The van der Waals surface area contributed by atoms with Crippen molar-refractivity contribution in [1.82, 2.24) is 0 Å². The van der Waals surface area contributed by atoms with Gasteiger partial charge >= 0.3 is 0 Å². The molecule has 4 aliphatic carbocycles. The molecule has 0 saturated heterocycles. The number of aliphatic hydroxyl groups excluding tert-OH is 1. The van der Waals surface area contributed by atoms with E-state index in [-0.39, 0.29) is 22.5 Å². The van der Waals surface area contributed by atoms with Gasteiger partial charge in [-0.25, -0.2) is 0 Å². The van der Waals surface area contributed by atoms with Gasteiger partial charge in [-0.15, -0.1) is 0 Å². The van der Waals surface area contributed by atoms with E-state index >= 15 is 0 Å². The maximum absolute atomic E-state index is 12.4. The molecule has 0 aromatic rings. The van der Waals surface area contributed by atoms with Crippen molar-refractivity contribution in [3.8, 4) is 0 Å². The third-order valence-corrected chi connectivity index (χ3v) is 8.48. The van der Waals surface area contributed by atoms with Crippen molar-refractivity contribution in [2.24, 2.45) is 40.4 Å². The first-order valence-corrected chi connectivity index (χ1v) is 10.0. The second-order valence-corrected chi connectivity index (χ2v) is 9.58. The van der Waals surface area contributed by atoms with Crippen molar-refractivity contribution in [1.29, 1.82) is 0 Å². The predicted octanol–water partition coefficient (Wildman–Crippen LogP) is 3.04. The summed E-state index contributed by atoms with van der Waals surface area (Å²) in [5, 5.41) is 18.9. The highest BCUT2D eigenvalue weighted by molar-refractivity contribution is 6.01. The summed E-state index contributed by atoms with van der Waals surface area (Å²) in [5.41, 5.74) is 1.09. The fourth-order valence-corrected chi connectivity index (χ4v) is 7.26. The van der Waals surface area contributed by atoms with Crippen LogP contribution in [0.1, 0.15) is 52.9 Å². The number of Topliss-reactive ketones (excluding diaryl/α,β-unsaturated/α-hetero) is 1. The summed E-state index contributed by atoms with van der Waals surface area (Å²) >= 11 is 0. The predicted molar refractivity (Wildman–Crippen MR) is 97.9 cm³/mol. The first-order chi connectivity index (χ1) is 12.2. The zero-order valence-corrected chi connectivity index (χ0v) is 15.9. The largest absolute Gasteiger partial charge is 0.362 e. The standard InChI is InChI=1S/C22H30O4/c1-12-10-14-15-4-5-17(19(24)20(25)26)21(15,2)9-7-16(14)22(3)8-6-13(23)11-18(12)22/h6,8,11-12,14-17,20,25-26H,4-5,7,9-10H2,1-3H3/t12?,14-,15-,16-,17+,21-,22+/m0/s1. The molecule has 2 N–H and O–H groups in total. The maximum Gasteiger partial charge on any atom is 0.213 e. The number of allylic oxidation sites excluding steroid dienone is 4. The SMILES string of the molecule is CC1C[C@H]2[C@@H]3CC[C@H](C(=O)C(O)O)[C@@]3(C)CC[C@@H]2[C@@]2(C)C=CC(=O)C=C12. The van der Waals surface area contributed by atoms with E-state index in [0.717, 1.165) is 32.1 Å². The van der Waals surface area contributed by atoms with Gasteiger partial charge < -0.3 is 10.2 Å². The first kappa shape index (κ1) is 18.1. The van der Waals surface area contributed by atoms with Crippen LogP contribution >= 0.6 is 0 Å². The Morgan fingerprint density at radius 1 is 1.19 bits per heavy atom. The molecule has 4 nitrogen and oxygen atoms in total. The molecule has 0 spiro atoms. The van der Waals surface area contributed by atoms with E-state index < -0.39 is 12.1 Å². The molecule has 142 valence electrons. The third-order valence-electron chi connectivity index (χ3n) is 8.48. The van der Waals surface area contributed by atoms with Crippen molar-refractivity contribution >= 4 is 11.6 Å². The molecule has 1 unspecified atom stereocenters. The highest BCUT2D eigenvalue weighted by Gasteiger charge is 2.60. The van der Waals surface area contributed by atoms with Crippen LogP contribution in [0.5, 0.6) is 0 Å². The van der Waals surface area contributed by atoms with Crippen molar-refractivity contribution < 1.29 is 19.8 Å². The summed E-state index contributed by atoms with van der Waals surface area (Å²) in [5.74, 6) is 1.31. The molecule has 4 rings (SSSR count). The maximum atomic E-state index is 12.4. The van der Waals surface area contributed by atoms with Crippen molar-refractivity contribution in [2.45, 2.75) is 59.2 Å². The lowest BCUT2D eigenvalue weighted by Crippen LogP contribution is -2.52. The molecular formula is C22H30O4. The Balaban J connectivity index is 1.68. The summed E-state index contributed by atoms with van der Waals surface area (Å²) in [6, 6.07) is 0. The Hall–Kier alpha value is -1.26. The lowest BCUT2D eigenvalue weighted by Gasteiger charge is -2.58. The minimum Gasteiger partial charge on any atom is -0.362 e. The Kier molecular flexibility index (Phi) is 4.09. The van der Waals surface area contributed by atoms with Gasteiger partial charge in [0.2, 0.25) is 6.29 Å². The van der Waals surface area contributed by atoms with Crippen LogP contribution in [-0.4, -0.2) is 28.1 Å². The van der Waals surface area contributed by atoms with Gasteiger partial charge in [-0.2, -0.15) is 0 Å². The zero-order chi connectivity index (χ0) is 18.9. The highest BCUT2D eigenvalue weighted by Crippen LogP contribution is 2.66. The van der Waals surface area contributed by atoms with E-state index in [4.69, 9.17) is 0 Å². The molecule has 0 bridgehead atoms. The summed E-state index contributed by atoms with van der Waals surface area (Å²) < 4.78 is 0. The number of aliphatic hydroxyl groups is 2. The van der Waals surface area contributed by atoms with Gasteiger partial charge in [0.1, 0.15) is 0 Å². The average molecular weight is 358 g/mol. The molecule has 0 heterocycles. The van der Waals surface area contributed by atoms with Gasteiger partial charge in [0.25, 0.3) is 0 Å². The Morgan fingerprint density at radius 2 is 1.92 bits per heavy atom. The molecule has 0 aromatic heterocycles. The van der Waals surface area contributed by atoms with E-state index in [1.54, 1.807) is 6.08 Å². The van der Waals surface area contributed by atoms with Crippen LogP contribution < -0.4 is 0 Å². The Labute approximate surface area is 155 Å². The van der Waals surface area contributed by atoms with Crippen molar-refractivity contribution in [2.75, 3.05) is 0 Å². The van der Waals surface area contributed by atoms with Gasteiger partial charge in [-0.05, 0) is 73.3 Å². The minimum atomic E-state index is -1.85. The van der Waals surface area contributed by atoms with Crippen molar-refractivity contribution in [3.05, 3.63) is 23.8 Å². The average Bonchev–Trinajstić information content (AvgIpc) is 2.93. The second-order valence-electron chi connectivity index (χ2n) is 9.58. The van der Waals surface area contributed by atoms with Gasteiger partial charge in [-0.3, -0.25) is 9.59 Å². The number of fused-ring (bicyclic) bond motifs is 5. The fraction of sp³-hybridized carbons (Fsp3) is 0.727. The summed E-state index contributed by atoms with van der Waals surface area (Å²) in [6.45, 7) is 6.71. The first-order valence-electron chi connectivity index (χ1n) is 10.0. The molecule has 26 heavy (non-hydrogen) atoms.